The van der Waals surface area contributed by atoms with Gasteiger partial charge in [-0.15, -0.1) is 11.3 Å². The molecule has 1 unspecified atom stereocenters. The Bertz CT molecular complexity index is 720. The van der Waals surface area contributed by atoms with Gasteiger partial charge < -0.3 is 9.84 Å². The first-order valence-electron chi connectivity index (χ1n) is 6.60. The van der Waals surface area contributed by atoms with E-state index in [0.717, 1.165) is 17.8 Å². The number of thiophene rings is 1. The van der Waals surface area contributed by atoms with Gasteiger partial charge in [0.25, 0.3) is 0 Å². The fraction of sp³-hybridized carbons (Fsp3) is 0.200. The lowest BCUT2D eigenvalue weighted by atomic mass is 9.94. The van der Waals surface area contributed by atoms with Crippen LogP contribution in [0.4, 0.5) is 0 Å². The average Bonchev–Trinajstić information content (AvgIpc) is 3.17. The SMILES string of the molecule is c1csc(-c2noc(C3NCCc4ccccc43)n2)c1. The maximum Gasteiger partial charge on any atom is 0.248 e. The zero-order valence-electron chi connectivity index (χ0n) is 10.7. The van der Waals surface area contributed by atoms with Crippen LogP contribution in [0.25, 0.3) is 10.7 Å². The summed E-state index contributed by atoms with van der Waals surface area (Å²) in [5, 5.41) is 9.56. The molecule has 1 aliphatic heterocycles. The third kappa shape index (κ3) is 1.95. The van der Waals surface area contributed by atoms with Crippen molar-refractivity contribution in [2.45, 2.75) is 12.5 Å². The first kappa shape index (κ1) is 11.8. The molecule has 4 rings (SSSR count). The third-order valence-corrected chi connectivity index (χ3v) is 4.40. The predicted octanol–water partition coefficient (Wildman–Crippen LogP) is 3.03. The minimum Gasteiger partial charge on any atom is -0.337 e. The second kappa shape index (κ2) is 4.85. The van der Waals surface area contributed by atoms with Crippen LogP contribution in [0.3, 0.4) is 0 Å². The van der Waals surface area contributed by atoms with Gasteiger partial charge in [-0.2, -0.15) is 4.98 Å². The molecule has 100 valence electrons. The summed E-state index contributed by atoms with van der Waals surface area (Å²) in [4.78, 5) is 5.58. The van der Waals surface area contributed by atoms with Crippen LogP contribution in [0.15, 0.2) is 46.3 Å². The number of benzene rings is 1. The number of rotatable bonds is 2. The molecule has 3 aromatic rings. The van der Waals surface area contributed by atoms with Crippen LogP contribution in [0, 0.1) is 0 Å². The second-order valence-electron chi connectivity index (χ2n) is 4.77. The fourth-order valence-corrected chi connectivity index (χ4v) is 3.23. The molecule has 1 N–H and O–H groups in total. The molecule has 0 amide bonds. The monoisotopic (exact) mass is 283 g/mol. The van der Waals surface area contributed by atoms with E-state index in [1.165, 1.54) is 11.1 Å². The molecule has 0 radical (unpaired) electrons. The quantitative estimate of drug-likeness (QED) is 0.785. The highest BCUT2D eigenvalue weighted by Crippen LogP contribution is 2.29. The standard InChI is InChI=1S/C15H13N3OS/c1-2-5-11-10(4-1)7-8-16-13(11)15-17-14(18-19-15)12-6-3-9-20-12/h1-6,9,13,16H,7-8H2. The molecule has 0 aliphatic carbocycles. The van der Waals surface area contributed by atoms with E-state index in [1.807, 2.05) is 17.5 Å². The highest BCUT2D eigenvalue weighted by molar-refractivity contribution is 7.13. The number of aromatic nitrogens is 2. The van der Waals surface area contributed by atoms with Crippen molar-refractivity contribution in [2.24, 2.45) is 0 Å². The van der Waals surface area contributed by atoms with Crippen molar-refractivity contribution in [2.75, 3.05) is 6.54 Å². The summed E-state index contributed by atoms with van der Waals surface area (Å²) in [5.74, 6) is 1.31. The van der Waals surface area contributed by atoms with E-state index in [2.05, 4.69) is 39.7 Å². The summed E-state index contributed by atoms with van der Waals surface area (Å²) < 4.78 is 5.47. The van der Waals surface area contributed by atoms with Crippen LogP contribution in [0.5, 0.6) is 0 Å². The Morgan fingerprint density at radius 2 is 2.15 bits per heavy atom. The molecule has 0 saturated carbocycles. The fourth-order valence-electron chi connectivity index (χ4n) is 2.58. The lowest BCUT2D eigenvalue weighted by molar-refractivity contribution is 0.344. The number of fused-ring (bicyclic) bond motifs is 1. The molecule has 2 aromatic heterocycles. The Morgan fingerprint density at radius 1 is 1.20 bits per heavy atom. The van der Waals surface area contributed by atoms with E-state index in [1.54, 1.807) is 11.3 Å². The summed E-state index contributed by atoms with van der Waals surface area (Å²) in [7, 11) is 0. The highest BCUT2D eigenvalue weighted by atomic mass is 32.1. The number of hydrogen-bond donors (Lipinski definition) is 1. The Balaban J connectivity index is 1.72. The van der Waals surface area contributed by atoms with Crippen LogP contribution in [-0.4, -0.2) is 16.7 Å². The first-order valence-corrected chi connectivity index (χ1v) is 7.48. The lowest BCUT2D eigenvalue weighted by Crippen LogP contribution is -2.30. The highest BCUT2D eigenvalue weighted by Gasteiger charge is 2.26. The van der Waals surface area contributed by atoms with E-state index in [-0.39, 0.29) is 6.04 Å². The van der Waals surface area contributed by atoms with E-state index < -0.39 is 0 Å². The van der Waals surface area contributed by atoms with Crippen LogP contribution < -0.4 is 5.32 Å². The molecule has 1 aromatic carbocycles. The first-order chi connectivity index (χ1) is 9.92. The Labute approximate surface area is 120 Å². The zero-order chi connectivity index (χ0) is 13.4. The topological polar surface area (TPSA) is 51.0 Å². The molecule has 20 heavy (non-hydrogen) atoms. The molecule has 0 spiro atoms. The van der Waals surface area contributed by atoms with Crippen molar-refractivity contribution in [3.05, 3.63) is 58.8 Å². The van der Waals surface area contributed by atoms with E-state index in [4.69, 9.17) is 4.52 Å². The Morgan fingerprint density at radius 3 is 3.05 bits per heavy atom. The maximum atomic E-state index is 5.47. The van der Waals surface area contributed by atoms with Crippen LogP contribution in [-0.2, 0) is 6.42 Å². The lowest BCUT2D eigenvalue weighted by Gasteiger charge is -2.23. The van der Waals surface area contributed by atoms with Crippen LogP contribution >= 0.6 is 11.3 Å². The zero-order valence-corrected chi connectivity index (χ0v) is 11.6. The molecule has 0 fully saturated rings. The van der Waals surface area contributed by atoms with Gasteiger partial charge in [0.2, 0.25) is 11.7 Å². The van der Waals surface area contributed by atoms with Crippen LogP contribution in [0.1, 0.15) is 23.1 Å². The van der Waals surface area contributed by atoms with E-state index in [0.29, 0.717) is 11.7 Å². The minimum atomic E-state index is 0.00108. The van der Waals surface area contributed by atoms with Gasteiger partial charge >= 0.3 is 0 Å². The number of hydrogen-bond acceptors (Lipinski definition) is 5. The Hall–Kier alpha value is -1.98. The summed E-state index contributed by atoms with van der Waals surface area (Å²) in [5.41, 5.74) is 2.59. The summed E-state index contributed by atoms with van der Waals surface area (Å²) in [6.07, 6.45) is 1.04. The maximum absolute atomic E-state index is 5.47. The van der Waals surface area contributed by atoms with Crippen LogP contribution in [0.2, 0.25) is 0 Å². The molecule has 1 aliphatic rings. The van der Waals surface area contributed by atoms with Gasteiger partial charge in [-0.1, -0.05) is 35.5 Å². The minimum absolute atomic E-state index is 0.00108. The third-order valence-electron chi connectivity index (χ3n) is 3.54. The number of nitrogens with one attached hydrogen (secondary N) is 1. The van der Waals surface area contributed by atoms with Gasteiger partial charge in [-0.25, -0.2) is 0 Å². The number of nitrogens with zero attached hydrogens (tertiary/aromatic N) is 2. The predicted molar refractivity (Wildman–Crippen MR) is 77.6 cm³/mol. The Kier molecular flexibility index (Phi) is 2.86. The second-order valence-corrected chi connectivity index (χ2v) is 5.72. The molecular weight excluding hydrogens is 270 g/mol. The van der Waals surface area contributed by atoms with Gasteiger partial charge in [-0.05, 0) is 29.0 Å². The largest absolute Gasteiger partial charge is 0.337 e. The van der Waals surface area contributed by atoms with Crippen molar-refractivity contribution in [1.82, 2.24) is 15.5 Å². The smallest absolute Gasteiger partial charge is 0.248 e. The molecule has 0 saturated heterocycles. The normalized spacial score (nSPS) is 17.9. The molecule has 5 heteroatoms. The molecule has 1 atom stereocenters. The molecule has 0 bridgehead atoms. The van der Waals surface area contributed by atoms with Gasteiger partial charge in [0.05, 0.1) is 4.88 Å². The summed E-state index contributed by atoms with van der Waals surface area (Å²) in [6.45, 7) is 0.929. The molecular formula is C15H13N3OS. The van der Waals surface area contributed by atoms with Gasteiger partial charge in [0, 0.05) is 6.54 Å². The van der Waals surface area contributed by atoms with E-state index in [9.17, 15) is 0 Å². The van der Waals surface area contributed by atoms with Gasteiger partial charge in [0.15, 0.2) is 0 Å². The summed E-state index contributed by atoms with van der Waals surface area (Å²) in [6, 6.07) is 12.4. The van der Waals surface area contributed by atoms with Crippen molar-refractivity contribution in [1.29, 1.82) is 0 Å². The molecule has 3 heterocycles. The van der Waals surface area contributed by atoms with Crippen molar-refractivity contribution < 1.29 is 4.52 Å². The van der Waals surface area contributed by atoms with Gasteiger partial charge in [0.1, 0.15) is 6.04 Å². The van der Waals surface area contributed by atoms with Crippen molar-refractivity contribution in [3.63, 3.8) is 0 Å². The van der Waals surface area contributed by atoms with E-state index >= 15 is 0 Å². The summed E-state index contributed by atoms with van der Waals surface area (Å²) >= 11 is 1.62. The van der Waals surface area contributed by atoms with Gasteiger partial charge in [-0.3, -0.25) is 0 Å². The van der Waals surface area contributed by atoms with Crippen molar-refractivity contribution in [3.8, 4) is 10.7 Å². The average molecular weight is 283 g/mol. The molecule has 4 nitrogen and oxygen atoms in total. The van der Waals surface area contributed by atoms with Crippen molar-refractivity contribution >= 4 is 11.3 Å².